The van der Waals surface area contributed by atoms with E-state index in [9.17, 15) is 0 Å². The smallest absolute Gasteiger partial charge is 0.00413 e. The summed E-state index contributed by atoms with van der Waals surface area (Å²) in [6.45, 7) is 2.31. The van der Waals surface area contributed by atoms with Crippen LogP contribution in [-0.2, 0) is 0 Å². The molecule has 0 spiro atoms. The summed E-state index contributed by atoms with van der Waals surface area (Å²) in [6, 6.07) is 0.502. The highest BCUT2D eigenvalue weighted by Crippen LogP contribution is 2.20. The highest BCUT2D eigenvalue weighted by Gasteiger charge is 2.12. The quantitative estimate of drug-likeness (QED) is 0.494. The van der Waals surface area contributed by atoms with Crippen molar-refractivity contribution in [3.05, 3.63) is 0 Å². The van der Waals surface area contributed by atoms with Gasteiger partial charge in [-0.25, -0.2) is 0 Å². The van der Waals surface area contributed by atoms with Crippen LogP contribution in [0.1, 0.15) is 39.0 Å². The molecule has 9 heavy (non-hydrogen) atoms. The fourth-order valence-electron chi connectivity index (χ4n) is 1.65. The lowest BCUT2D eigenvalue weighted by Crippen LogP contribution is -2.20. The van der Waals surface area contributed by atoms with Gasteiger partial charge in [0.05, 0.1) is 0 Å². The molecule has 54 valence electrons. The maximum absolute atomic E-state index is 5.83. The fraction of sp³-hybridized carbons (Fsp3) is 1.00. The molecule has 0 aromatic carbocycles. The van der Waals surface area contributed by atoms with E-state index in [4.69, 9.17) is 5.73 Å². The number of nitrogens with two attached hydrogens (primary N) is 1. The van der Waals surface area contributed by atoms with Gasteiger partial charge in [0, 0.05) is 6.04 Å². The van der Waals surface area contributed by atoms with Crippen LogP contribution >= 0.6 is 0 Å². The summed E-state index contributed by atoms with van der Waals surface area (Å²) in [5, 5.41) is 0. The van der Waals surface area contributed by atoms with Crippen LogP contribution in [0, 0.1) is 5.92 Å². The van der Waals surface area contributed by atoms with Crippen LogP contribution in [0.15, 0.2) is 0 Å². The predicted octanol–water partition coefficient (Wildman–Crippen LogP) is 1.91. The molecular formula is C8H17N. The van der Waals surface area contributed by atoms with Gasteiger partial charge in [0.2, 0.25) is 0 Å². The van der Waals surface area contributed by atoms with Gasteiger partial charge in [-0.15, -0.1) is 0 Å². The van der Waals surface area contributed by atoms with Crippen molar-refractivity contribution in [2.75, 3.05) is 0 Å². The normalized spacial score (nSPS) is 38.0. The van der Waals surface area contributed by atoms with Crippen LogP contribution in [0.25, 0.3) is 0 Å². The molecule has 0 aromatic rings. The van der Waals surface area contributed by atoms with E-state index in [1.54, 1.807) is 0 Å². The minimum atomic E-state index is 0.502. The molecule has 0 bridgehead atoms. The van der Waals surface area contributed by atoms with Crippen molar-refractivity contribution in [1.29, 1.82) is 0 Å². The summed E-state index contributed by atoms with van der Waals surface area (Å²) in [6.07, 6.45) is 6.65. The first-order valence-corrected chi connectivity index (χ1v) is 4.04. The zero-order chi connectivity index (χ0) is 6.69. The lowest BCUT2D eigenvalue weighted by atomic mass is 10.0. The largest absolute Gasteiger partial charge is 0.328 e. The van der Waals surface area contributed by atoms with Crippen molar-refractivity contribution in [2.24, 2.45) is 11.7 Å². The molecule has 1 saturated carbocycles. The van der Waals surface area contributed by atoms with E-state index >= 15 is 0 Å². The van der Waals surface area contributed by atoms with Crippen LogP contribution in [0.3, 0.4) is 0 Å². The number of hydrogen-bond donors (Lipinski definition) is 1. The average molecular weight is 127 g/mol. The first-order chi connectivity index (χ1) is 4.29. The third-order valence-electron chi connectivity index (χ3n) is 2.23. The maximum Gasteiger partial charge on any atom is 0.00413 e. The van der Waals surface area contributed by atoms with E-state index in [1.165, 1.54) is 32.1 Å². The van der Waals surface area contributed by atoms with E-state index < -0.39 is 0 Å². The molecule has 2 atom stereocenters. The minimum Gasteiger partial charge on any atom is -0.328 e. The van der Waals surface area contributed by atoms with E-state index in [2.05, 4.69) is 6.92 Å². The molecule has 1 aliphatic rings. The monoisotopic (exact) mass is 127 g/mol. The molecule has 0 radical (unpaired) electrons. The van der Waals surface area contributed by atoms with Crippen LogP contribution in [-0.4, -0.2) is 6.04 Å². The topological polar surface area (TPSA) is 26.0 Å². The van der Waals surface area contributed by atoms with Crippen molar-refractivity contribution >= 4 is 0 Å². The Labute approximate surface area is 57.6 Å². The van der Waals surface area contributed by atoms with Gasteiger partial charge in [-0.3, -0.25) is 0 Å². The number of hydrogen-bond acceptors (Lipinski definition) is 1. The Bertz CT molecular complexity index is 70.6. The number of rotatable bonds is 0. The lowest BCUT2D eigenvalue weighted by molar-refractivity contribution is 0.469. The van der Waals surface area contributed by atoms with Crippen molar-refractivity contribution in [3.8, 4) is 0 Å². The first-order valence-electron chi connectivity index (χ1n) is 4.04. The third-order valence-corrected chi connectivity index (χ3v) is 2.23. The van der Waals surface area contributed by atoms with Crippen molar-refractivity contribution < 1.29 is 0 Å². The minimum absolute atomic E-state index is 0.502. The molecule has 0 aromatic heterocycles. The van der Waals surface area contributed by atoms with Gasteiger partial charge in [0.25, 0.3) is 0 Å². The van der Waals surface area contributed by atoms with Crippen molar-refractivity contribution in [3.63, 3.8) is 0 Å². The Balaban J connectivity index is 2.29. The summed E-state index contributed by atoms with van der Waals surface area (Å²) in [5.74, 6) is 0.877. The van der Waals surface area contributed by atoms with E-state index in [0.717, 1.165) is 5.92 Å². The predicted molar refractivity (Wildman–Crippen MR) is 40.2 cm³/mol. The Hall–Kier alpha value is -0.0400. The van der Waals surface area contributed by atoms with Gasteiger partial charge >= 0.3 is 0 Å². The highest BCUT2D eigenvalue weighted by molar-refractivity contribution is 4.69. The summed E-state index contributed by atoms with van der Waals surface area (Å²) in [7, 11) is 0. The Kier molecular flexibility index (Phi) is 2.52. The summed E-state index contributed by atoms with van der Waals surface area (Å²) in [4.78, 5) is 0. The SMILES string of the molecule is C[C@H]1CCCC[C@H](N)C1. The molecule has 0 heterocycles. The summed E-state index contributed by atoms with van der Waals surface area (Å²) in [5.41, 5.74) is 5.83. The molecule has 1 rings (SSSR count). The van der Waals surface area contributed by atoms with Crippen LogP contribution in [0.5, 0.6) is 0 Å². The van der Waals surface area contributed by atoms with Crippen LogP contribution in [0.4, 0.5) is 0 Å². The molecule has 1 nitrogen and oxygen atoms in total. The molecule has 1 fully saturated rings. The lowest BCUT2D eigenvalue weighted by Gasteiger charge is -2.10. The van der Waals surface area contributed by atoms with Crippen molar-refractivity contribution in [2.45, 2.75) is 45.1 Å². The van der Waals surface area contributed by atoms with E-state index in [0.29, 0.717) is 6.04 Å². The Morgan fingerprint density at radius 3 is 2.67 bits per heavy atom. The fourth-order valence-corrected chi connectivity index (χ4v) is 1.65. The van der Waals surface area contributed by atoms with Crippen LogP contribution in [0.2, 0.25) is 0 Å². The zero-order valence-electron chi connectivity index (χ0n) is 6.27. The highest BCUT2D eigenvalue weighted by atomic mass is 14.6. The van der Waals surface area contributed by atoms with Crippen molar-refractivity contribution in [1.82, 2.24) is 0 Å². The third kappa shape index (κ3) is 2.35. The average Bonchev–Trinajstić information content (AvgIpc) is 1.93. The molecule has 1 aliphatic carbocycles. The van der Waals surface area contributed by atoms with Gasteiger partial charge in [0.1, 0.15) is 0 Å². The second kappa shape index (κ2) is 3.21. The summed E-state index contributed by atoms with van der Waals surface area (Å²) < 4.78 is 0. The zero-order valence-corrected chi connectivity index (χ0v) is 6.27. The first kappa shape index (κ1) is 7.07. The van der Waals surface area contributed by atoms with Crippen LogP contribution < -0.4 is 5.73 Å². The summed E-state index contributed by atoms with van der Waals surface area (Å²) >= 11 is 0. The standard InChI is InChI=1S/C8H17N/c1-7-4-2-3-5-8(9)6-7/h7-8H,2-6,9H2,1H3/t7-,8-/m0/s1. The van der Waals surface area contributed by atoms with Gasteiger partial charge in [-0.05, 0) is 18.8 Å². The molecular weight excluding hydrogens is 110 g/mol. The Morgan fingerprint density at radius 1 is 1.22 bits per heavy atom. The molecule has 0 aliphatic heterocycles. The van der Waals surface area contributed by atoms with Gasteiger partial charge in [-0.2, -0.15) is 0 Å². The maximum atomic E-state index is 5.83. The second-order valence-electron chi connectivity index (χ2n) is 3.39. The molecule has 2 N–H and O–H groups in total. The molecule has 1 heteroatoms. The van der Waals surface area contributed by atoms with E-state index in [1.807, 2.05) is 0 Å². The Morgan fingerprint density at radius 2 is 1.89 bits per heavy atom. The van der Waals surface area contributed by atoms with E-state index in [-0.39, 0.29) is 0 Å². The molecule has 0 unspecified atom stereocenters. The second-order valence-corrected chi connectivity index (χ2v) is 3.39. The van der Waals surface area contributed by atoms with Gasteiger partial charge in [0.15, 0.2) is 0 Å². The van der Waals surface area contributed by atoms with Gasteiger partial charge in [-0.1, -0.05) is 26.2 Å². The van der Waals surface area contributed by atoms with Gasteiger partial charge < -0.3 is 5.73 Å². The molecule has 0 saturated heterocycles. The molecule has 0 amide bonds.